The molecule has 0 aliphatic heterocycles. The number of carbonyl (C=O) groups is 1. The van der Waals surface area contributed by atoms with E-state index in [1.165, 1.54) is 11.3 Å². The van der Waals surface area contributed by atoms with E-state index < -0.39 is 11.5 Å². The molecule has 2 rings (SSSR count). The molecule has 0 saturated carbocycles. The number of rotatable bonds is 4. The smallest absolute Gasteiger partial charge is 0.374 e. The van der Waals surface area contributed by atoms with Crippen LogP contribution in [0.3, 0.4) is 0 Å². The van der Waals surface area contributed by atoms with Gasteiger partial charge in [-0.05, 0) is 23.4 Å². The zero-order valence-corrected chi connectivity index (χ0v) is 10.7. The molecule has 8 nitrogen and oxygen atoms in total. The second kappa shape index (κ2) is 5.51. The Morgan fingerprint density at radius 1 is 1.68 bits per heavy atom. The molecule has 2 aromatic rings. The van der Waals surface area contributed by atoms with Crippen LogP contribution in [0.5, 0.6) is 0 Å². The quantitative estimate of drug-likeness (QED) is 0.398. The number of hydrogen-bond donors (Lipinski definition) is 1. The van der Waals surface area contributed by atoms with Crippen molar-refractivity contribution in [2.75, 3.05) is 6.61 Å². The third kappa shape index (κ3) is 2.56. The van der Waals surface area contributed by atoms with Crippen LogP contribution in [-0.2, 0) is 11.3 Å². The highest BCUT2D eigenvalue weighted by atomic mass is 32.1. The molecule has 0 amide bonds. The highest BCUT2D eigenvalue weighted by molar-refractivity contribution is 7.16. The lowest BCUT2D eigenvalue weighted by Crippen LogP contribution is -2.17. The van der Waals surface area contributed by atoms with Crippen LogP contribution in [0.25, 0.3) is 20.7 Å². The Balaban J connectivity index is 2.51. The van der Waals surface area contributed by atoms with Gasteiger partial charge in [0.05, 0.1) is 18.5 Å². The Morgan fingerprint density at radius 2 is 2.47 bits per heavy atom. The molecule has 19 heavy (non-hydrogen) atoms. The van der Waals surface area contributed by atoms with Crippen molar-refractivity contribution in [3.63, 3.8) is 0 Å². The Hall–Kier alpha value is -2.38. The van der Waals surface area contributed by atoms with E-state index in [-0.39, 0.29) is 19.0 Å². The maximum Gasteiger partial charge on any atom is 0.374 e. The van der Waals surface area contributed by atoms with Crippen molar-refractivity contribution in [3.8, 4) is 0 Å². The summed E-state index contributed by atoms with van der Waals surface area (Å²) in [5, 5.41) is 5.42. The van der Waals surface area contributed by atoms with Gasteiger partial charge in [-0.3, -0.25) is 4.79 Å². The lowest BCUT2D eigenvalue weighted by Gasteiger charge is -2.00. The van der Waals surface area contributed by atoms with Crippen LogP contribution in [0.15, 0.2) is 15.3 Å². The lowest BCUT2D eigenvalue weighted by molar-refractivity contribution is 0.0512. The number of hydrogen-bond acceptors (Lipinski definition) is 6. The number of thiophene rings is 1. The van der Waals surface area contributed by atoms with Crippen molar-refractivity contribution in [2.24, 2.45) is 5.11 Å². The average molecular weight is 279 g/mol. The van der Waals surface area contributed by atoms with Crippen molar-refractivity contribution in [1.29, 1.82) is 0 Å². The van der Waals surface area contributed by atoms with Crippen LogP contribution in [0.4, 0.5) is 0 Å². The highest BCUT2D eigenvalue weighted by Crippen LogP contribution is 2.21. The number of H-pyrrole nitrogens is 1. The molecule has 1 N–H and O–H groups in total. The molecule has 0 bridgehead atoms. The fraction of sp³-hybridized carbons (Fsp3) is 0.300. The van der Waals surface area contributed by atoms with Crippen molar-refractivity contribution in [1.82, 2.24) is 9.97 Å². The maximum absolute atomic E-state index is 11.9. The first-order valence-electron chi connectivity index (χ1n) is 5.35. The second-order valence-electron chi connectivity index (χ2n) is 3.47. The van der Waals surface area contributed by atoms with Crippen molar-refractivity contribution in [2.45, 2.75) is 13.5 Å². The van der Waals surface area contributed by atoms with E-state index >= 15 is 0 Å². The number of carbonyl (C=O) groups excluding carboxylic acids is 1. The first kappa shape index (κ1) is 13.1. The fourth-order valence-electron chi connectivity index (χ4n) is 1.53. The van der Waals surface area contributed by atoms with Gasteiger partial charge in [-0.15, -0.1) is 11.3 Å². The van der Waals surface area contributed by atoms with Crippen LogP contribution >= 0.6 is 11.3 Å². The number of aromatic amines is 1. The number of azide groups is 1. The van der Waals surface area contributed by atoms with E-state index in [4.69, 9.17) is 10.3 Å². The second-order valence-corrected chi connectivity index (χ2v) is 4.32. The van der Waals surface area contributed by atoms with Crippen molar-refractivity contribution in [3.05, 3.63) is 37.6 Å². The molecule has 98 valence electrons. The van der Waals surface area contributed by atoms with E-state index in [1.807, 2.05) is 0 Å². The molecule has 0 atom stereocenters. The lowest BCUT2D eigenvalue weighted by atomic mass is 10.2. The zero-order chi connectivity index (χ0) is 13.8. The molecule has 2 aromatic heterocycles. The number of ether oxygens (including phenoxy) is 1. The molecular weight excluding hydrogens is 270 g/mol. The molecule has 0 fully saturated rings. The SMILES string of the molecule is CCOC(=O)c1nc2scc(CN=[N+]=[N-])c2c(=O)[nH]1. The van der Waals surface area contributed by atoms with Crippen LogP contribution in [0.2, 0.25) is 0 Å². The topological polar surface area (TPSA) is 121 Å². The maximum atomic E-state index is 11.9. The van der Waals surface area contributed by atoms with Gasteiger partial charge in [0.25, 0.3) is 5.56 Å². The van der Waals surface area contributed by atoms with Gasteiger partial charge in [0, 0.05) is 4.91 Å². The summed E-state index contributed by atoms with van der Waals surface area (Å²) in [6.45, 7) is 1.94. The Labute approximate surface area is 110 Å². The number of aromatic nitrogens is 2. The van der Waals surface area contributed by atoms with Crippen LogP contribution in [0.1, 0.15) is 23.1 Å². The highest BCUT2D eigenvalue weighted by Gasteiger charge is 2.15. The van der Waals surface area contributed by atoms with E-state index in [9.17, 15) is 9.59 Å². The number of fused-ring (bicyclic) bond motifs is 1. The Kier molecular flexibility index (Phi) is 3.79. The van der Waals surface area contributed by atoms with Crippen molar-refractivity contribution >= 4 is 27.5 Å². The first-order chi connectivity index (χ1) is 9.17. The summed E-state index contributed by atoms with van der Waals surface area (Å²) in [4.78, 5) is 32.9. The van der Waals surface area contributed by atoms with Crippen molar-refractivity contribution < 1.29 is 9.53 Å². The minimum atomic E-state index is -0.675. The van der Waals surface area contributed by atoms with Gasteiger partial charge in [0.15, 0.2) is 0 Å². The minimum Gasteiger partial charge on any atom is -0.460 e. The number of nitrogens with one attached hydrogen (secondary N) is 1. The number of esters is 1. The Morgan fingerprint density at radius 3 is 3.16 bits per heavy atom. The molecule has 0 aliphatic rings. The molecule has 0 spiro atoms. The molecule has 0 saturated heterocycles. The van der Waals surface area contributed by atoms with Gasteiger partial charge in [-0.2, -0.15) is 0 Å². The van der Waals surface area contributed by atoms with Gasteiger partial charge in [0.2, 0.25) is 5.82 Å². The summed E-state index contributed by atoms with van der Waals surface area (Å²) >= 11 is 1.21. The molecule has 2 heterocycles. The standard InChI is InChI=1S/C10H9N5O3S/c1-2-18-10(17)7-13-8(16)6-5(3-12-15-11)4-19-9(6)14-7/h4H,2-3H2,1H3,(H,13,14,16). The van der Waals surface area contributed by atoms with Gasteiger partial charge in [-0.25, -0.2) is 9.78 Å². The summed E-state index contributed by atoms with van der Waals surface area (Å²) in [5.41, 5.74) is 8.42. The first-order valence-corrected chi connectivity index (χ1v) is 6.23. The van der Waals surface area contributed by atoms with Crippen LogP contribution in [0, 0.1) is 0 Å². The average Bonchev–Trinajstić information content (AvgIpc) is 2.80. The van der Waals surface area contributed by atoms with Crippen LogP contribution in [-0.4, -0.2) is 22.5 Å². The molecular formula is C10H9N5O3S. The summed E-state index contributed by atoms with van der Waals surface area (Å²) in [6.07, 6.45) is 0. The van der Waals surface area contributed by atoms with Gasteiger partial charge in [0.1, 0.15) is 4.83 Å². The van der Waals surface area contributed by atoms with E-state index in [2.05, 4.69) is 20.0 Å². The zero-order valence-electron chi connectivity index (χ0n) is 9.91. The van der Waals surface area contributed by atoms with Gasteiger partial charge >= 0.3 is 5.97 Å². The Bertz CT molecular complexity index is 728. The summed E-state index contributed by atoms with van der Waals surface area (Å²) in [5.74, 6) is -0.803. The number of nitrogens with zero attached hydrogens (tertiary/aromatic N) is 4. The molecule has 0 radical (unpaired) electrons. The van der Waals surface area contributed by atoms with E-state index in [0.29, 0.717) is 15.8 Å². The predicted molar refractivity (Wildman–Crippen MR) is 69.0 cm³/mol. The third-order valence-corrected chi connectivity index (χ3v) is 3.21. The molecule has 0 aromatic carbocycles. The fourth-order valence-corrected chi connectivity index (χ4v) is 2.46. The molecule has 0 aliphatic carbocycles. The monoisotopic (exact) mass is 279 g/mol. The summed E-state index contributed by atoms with van der Waals surface area (Å²) < 4.78 is 4.77. The van der Waals surface area contributed by atoms with E-state index in [1.54, 1.807) is 12.3 Å². The van der Waals surface area contributed by atoms with E-state index in [0.717, 1.165) is 0 Å². The largest absolute Gasteiger partial charge is 0.460 e. The predicted octanol–water partition coefficient (Wildman–Crippen LogP) is 1.97. The molecule has 0 unspecified atom stereocenters. The van der Waals surface area contributed by atoms with Gasteiger partial charge in [-0.1, -0.05) is 5.11 Å². The normalized spacial score (nSPS) is 10.2. The summed E-state index contributed by atoms with van der Waals surface area (Å²) in [6, 6.07) is 0. The third-order valence-electron chi connectivity index (χ3n) is 2.29. The van der Waals surface area contributed by atoms with Crippen LogP contribution < -0.4 is 5.56 Å². The minimum absolute atomic E-state index is 0.0695. The van der Waals surface area contributed by atoms with Gasteiger partial charge < -0.3 is 9.72 Å². The molecule has 9 heteroatoms. The summed E-state index contributed by atoms with van der Waals surface area (Å²) in [7, 11) is 0.